The van der Waals surface area contributed by atoms with Gasteiger partial charge in [-0.3, -0.25) is 0 Å². The second-order valence-electron chi connectivity index (χ2n) is 5.10. The van der Waals surface area contributed by atoms with Crippen molar-refractivity contribution < 1.29 is 23.6 Å². The lowest BCUT2D eigenvalue weighted by Gasteiger charge is -2.03. The largest absolute Gasteiger partial charge is 0.458 e. The van der Waals surface area contributed by atoms with Crippen molar-refractivity contribution in [2.24, 2.45) is 0 Å². The Labute approximate surface area is 130 Å². The molecule has 9 nitrogen and oxygen atoms in total. The van der Waals surface area contributed by atoms with Crippen LogP contribution in [0.25, 0.3) is 0 Å². The lowest BCUT2D eigenvalue weighted by atomic mass is 10.3. The molecule has 0 aliphatic carbocycles. The molecule has 0 saturated heterocycles. The Bertz CT molecular complexity index is 789. The molecular weight excluding hydrogens is 304 g/mol. The summed E-state index contributed by atoms with van der Waals surface area (Å²) >= 11 is 0. The van der Waals surface area contributed by atoms with Crippen molar-refractivity contribution in [3.05, 3.63) is 40.6 Å². The number of carbonyl (C=O) groups is 2. The minimum Gasteiger partial charge on any atom is -0.458 e. The van der Waals surface area contributed by atoms with E-state index in [1.165, 1.54) is 10.8 Å². The lowest BCUT2D eigenvalue weighted by molar-refractivity contribution is -0.134. The van der Waals surface area contributed by atoms with Gasteiger partial charge >= 0.3 is 11.9 Å². The molecule has 0 fully saturated rings. The highest BCUT2D eigenvalue weighted by Gasteiger charge is 2.20. The minimum absolute atomic E-state index is 0.0145. The molecule has 0 unspecified atom stereocenters. The van der Waals surface area contributed by atoms with Gasteiger partial charge < -0.3 is 14.0 Å². The summed E-state index contributed by atoms with van der Waals surface area (Å²) in [6.45, 7) is 3.98. The van der Waals surface area contributed by atoms with Gasteiger partial charge in [-0.25, -0.2) is 14.3 Å². The number of ether oxygens (including phenoxy) is 2. The third kappa shape index (κ3) is 3.28. The van der Waals surface area contributed by atoms with E-state index in [0.29, 0.717) is 29.3 Å². The van der Waals surface area contributed by atoms with Gasteiger partial charge in [0.1, 0.15) is 24.7 Å². The van der Waals surface area contributed by atoms with E-state index in [1.54, 1.807) is 19.9 Å². The Morgan fingerprint density at radius 2 is 2.26 bits per heavy atom. The Balaban J connectivity index is 1.65. The first-order chi connectivity index (χ1) is 11.0. The first-order valence-electron chi connectivity index (χ1n) is 6.88. The highest BCUT2D eigenvalue weighted by Crippen LogP contribution is 2.11. The summed E-state index contributed by atoms with van der Waals surface area (Å²) in [6.07, 6.45) is 1.31. The summed E-state index contributed by atoms with van der Waals surface area (Å²) in [5.41, 5.74) is 1.97. The first kappa shape index (κ1) is 14.9. The first-order valence-corrected chi connectivity index (χ1v) is 6.88. The maximum Gasteiger partial charge on any atom is 0.361 e. The van der Waals surface area contributed by atoms with Crippen LogP contribution in [-0.2, 0) is 20.8 Å². The maximum atomic E-state index is 12.0. The number of nitrogens with zero attached hydrogens (tertiary/aromatic N) is 4. The molecule has 9 heteroatoms. The molecule has 3 rings (SSSR count). The Morgan fingerprint density at radius 1 is 1.43 bits per heavy atom. The zero-order valence-corrected chi connectivity index (χ0v) is 12.6. The van der Waals surface area contributed by atoms with Crippen LogP contribution in [0.1, 0.15) is 27.6 Å². The molecule has 3 heterocycles. The molecule has 1 aliphatic rings. The van der Waals surface area contributed by atoms with Crippen LogP contribution in [0, 0.1) is 13.8 Å². The second kappa shape index (κ2) is 6.03. The van der Waals surface area contributed by atoms with E-state index >= 15 is 0 Å². The number of hydrogen-bond acceptors (Lipinski definition) is 8. The van der Waals surface area contributed by atoms with E-state index in [-0.39, 0.29) is 18.9 Å². The molecule has 0 N–H and O–H groups in total. The van der Waals surface area contributed by atoms with Crippen molar-refractivity contribution in [3.63, 3.8) is 0 Å². The van der Waals surface area contributed by atoms with Crippen molar-refractivity contribution in [3.8, 4) is 0 Å². The topological polar surface area (TPSA) is 109 Å². The molecule has 0 radical (unpaired) electrons. The zero-order chi connectivity index (χ0) is 16.4. The summed E-state index contributed by atoms with van der Waals surface area (Å²) in [5, 5.41) is 11.6. The summed E-state index contributed by atoms with van der Waals surface area (Å²) in [5.74, 6) is -0.342. The number of rotatable bonds is 5. The Morgan fingerprint density at radius 3 is 2.91 bits per heavy atom. The zero-order valence-electron chi connectivity index (χ0n) is 12.6. The lowest BCUT2D eigenvalue weighted by Crippen LogP contribution is -2.11. The molecule has 23 heavy (non-hydrogen) atoms. The average molecular weight is 318 g/mol. The van der Waals surface area contributed by atoms with Crippen LogP contribution in [0.4, 0.5) is 0 Å². The smallest absolute Gasteiger partial charge is 0.361 e. The highest BCUT2D eigenvalue weighted by atomic mass is 16.5. The van der Waals surface area contributed by atoms with Crippen LogP contribution < -0.4 is 0 Å². The molecule has 2 aromatic rings. The number of aryl methyl sites for hydroxylation is 1. The van der Waals surface area contributed by atoms with Crippen molar-refractivity contribution in [2.45, 2.75) is 20.4 Å². The van der Waals surface area contributed by atoms with E-state index in [9.17, 15) is 9.59 Å². The summed E-state index contributed by atoms with van der Waals surface area (Å²) < 4.78 is 16.4. The van der Waals surface area contributed by atoms with Gasteiger partial charge in [0.15, 0.2) is 5.69 Å². The monoisotopic (exact) mass is 318 g/mol. The molecule has 0 atom stereocenters. The molecule has 0 bridgehead atoms. The third-order valence-electron chi connectivity index (χ3n) is 3.27. The van der Waals surface area contributed by atoms with Crippen LogP contribution in [0.2, 0.25) is 0 Å². The second-order valence-corrected chi connectivity index (χ2v) is 5.10. The number of aromatic nitrogens is 4. The van der Waals surface area contributed by atoms with Gasteiger partial charge in [0.2, 0.25) is 0 Å². The Hall–Kier alpha value is -2.97. The fourth-order valence-corrected chi connectivity index (χ4v) is 2.07. The third-order valence-corrected chi connectivity index (χ3v) is 3.27. The molecule has 0 saturated carbocycles. The van der Waals surface area contributed by atoms with Crippen molar-refractivity contribution in [1.82, 2.24) is 20.2 Å². The molecular formula is C14H14N4O5. The van der Waals surface area contributed by atoms with Gasteiger partial charge in [0.25, 0.3) is 0 Å². The van der Waals surface area contributed by atoms with Gasteiger partial charge in [-0.2, -0.15) is 0 Å². The summed E-state index contributed by atoms with van der Waals surface area (Å²) in [6, 6.07) is 1.78. The molecule has 0 aromatic carbocycles. The van der Waals surface area contributed by atoms with E-state index < -0.39 is 11.9 Å². The predicted octanol–water partition coefficient (Wildman–Crippen LogP) is 0.571. The van der Waals surface area contributed by atoms with E-state index in [4.69, 9.17) is 14.0 Å². The number of carbonyl (C=O) groups excluding carboxylic acids is 2. The molecule has 0 amide bonds. The van der Waals surface area contributed by atoms with Crippen LogP contribution in [0.3, 0.4) is 0 Å². The molecule has 0 spiro atoms. The van der Waals surface area contributed by atoms with Gasteiger partial charge in [-0.1, -0.05) is 10.4 Å². The van der Waals surface area contributed by atoms with E-state index in [1.807, 2.05) is 0 Å². The SMILES string of the molecule is Cc1cc(Cn2nnc(C(=O)OCC3=CC(=O)OC3)c2C)no1. The predicted molar refractivity (Wildman–Crippen MR) is 74.4 cm³/mol. The number of cyclic esters (lactones) is 1. The van der Waals surface area contributed by atoms with Gasteiger partial charge in [0, 0.05) is 17.7 Å². The normalized spacial score (nSPS) is 13.8. The highest BCUT2D eigenvalue weighted by molar-refractivity contribution is 5.89. The van der Waals surface area contributed by atoms with E-state index in [2.05, 4.69) is 15.5 Å². The van der Waals surface area contributed by atoms with Crippen LogP contribution in [0.15, 0.2) is 22.2 Å². The van der Waals surface area contributed by atoms with Gasteiger partial charge in [-0.15, -0.1) is 5.10 Å². The van der Waals surface area contributed by atoms with Crippen molar-refractivity contribution in [2.75, 3.05) is 13.2 Å². The van der Waals surface area contributed by atoms with Gasteiger partial charge in [-0.05, 0) is 13.8 Å². The quantitative estimate of drug-likeness (QED) is 0.736. The maximum absolute atomic E-state index is 12.0. The van der Waals surface area contributed by atoms with Crippen LogP contribution in [0.5, 0.6) is 0 Å². The molecule has 120 valence electrons. The Kier molecular flexibility index (Phi) is 3.92. The van der Waals surface area contributed by atoms with E-state index in [0.717, 1.165) is 0 Å². The number of esters is 2. The fourth-order valence-electron chi connectivity index (χ4n) is 2.07. The molecule has 1 aliphatic heterocycles. The average Bonchev–Trinajstić information content (AvgIpc) is 3.20. The van der Waals surface area contributed by atoms with Crippen molar-refractivity contribution >= 4 is 11.9 Å². The molecule has 2 aromatic heterocycles. The minimum atomic E-state index is -0.606. The van der Waals surface area contributed by atoms with Crippen molar-refractivity contribution in [1.29, 1.82) is 0 Å². The summed E-state index contributed by atoms with van der Waals surface area (Å²) in [4.78, 5) is 23.0. The fraction of sp³-hybridized carbons (Fsp3) is 0.357. The number of hydrogen-bond donors (Lipinski definition) is 0. The van der Waals surface area contributed by atoms with Crippen LogP contribution >= 0.6 is 0 Å². The summed E-state index contributed by atoms with van der Waals surface area (Å²) in [7, 11) is 0. The van der Waals surface area contributed by atoms with Gasteiger partial charge in [0.05, 0.1) is 12.2 Å². The van der Waals surface area contributed by atoms with Crippen LogP contribution in [-0.4, -0.2) is 45.3 Å². The standard InChI is InChI=1S/C14H14N4O5/c1-8-3-11(16-23-8)5-18-9(2)13(15-17-18)14(20)22-7-10-4-12(19)21-6-10/h3-4H,5-7H2,1-2H3.